The van der Waals surface area contributed by atoms with Gasteiger partial charge in [0, 0.05) is 12.1 Å². The lowest BCUT2D eigenvalue weighted by molar-refractivity contribution is -0.117. The zero-order chi connectivity index (χ0) is 30.2. The number of carbonyl (C=O) groups excluding carboxylic acids is 2. The molecule has 5 aromatic carbocycles. The third kappa shape index (κ3) is 7.31. The van der Waals surface area contributed by atoms with Crippen molar-refractivity contribution in [2.45, 2.75) is 39.2 Å². The summed E-state index contributed by atoms with van der Waals surface area (Å²) in [7, 11) is 1.38. The third-order valence-electron chi connectivity index (χ3n) is 7.61. The molecule has 5 heteroatoms. The van der Waals surface area contributed by atoms with Crippen molar-refractivity contribution in [2.75, 3.05) is 12.4 Å². The number of benzene rings is 5. The molecule has 0 saturated heterocycles. The Labute approximate surface area is 253 Å². The van der Waals surface area contributed by atoms with Gasteiger partial charge in [0.15, 0.2) is 0 Å². The zero-order valence-electron chi connectivity index (χ0n) is 24.9. The maximum atomic E-state index is 14.2. The van der Waals surface area contributed by atoms with Crippen molar-refractivity contribution < 1.29 is 19.1 Å². The molecular formula is C38H37NO4. The Hall–Kier alpha value is -4.90. The Bertz CT molecular complexity index is 1710. The lowest BCUT2D eigenvalue weighted by Crippen LogP contribution is -2.24. The number of rotatable bonds is 11. The summed E-state index contributed by atoms with van der Waals surface area (Å²) < 4.78 is 11.0. The van der Waals surface area contributed by atoms with Crippen LogP contribution in [0, 0.1) is 5.92 Å². The van der Waals surface area contributed by atoms with Crippen LogP contribution in [0.1, 0.15) is 58.8 Å². The van der Waals surface area contributed by atoms with Crippen LogP contribution in [0.4, 0.5) is 5.69 Å². The summed E-state index contributed by atoms with van der Waals surface area (Å²) in [6.07, 6.45) is 1.15. The minimum absolute atomic E-state index is 0.0614. The number of amides is 1. The normalized spacial score (nSPS) is 11.7. The second-order valence-corrected chi connectivity index (χ2v) is 11.2. The zero-order valence-corrected chi connectivity index (χ0v) is 24.9. The Balaban J connectivity index is 1.51. The minimum Gasteiger partial charge on any atom is -0.489 e. The van der Waals surface area contributed by atoms with Crippen molar-refractivity contribution >= 4 is 28.3 Å². The van der Waals surface area contributed by atoms with Gasteiger partial charge in [0.05, 0.1) is 18.6 Å². The van der Waals surface area contributed by atoms with Crippen LogP contribution in [-0.2, 0) is 22.6 Å². The number of hydrogen-bond donors (Lipinski definition) is 1. The van der Waals surface area contributed by atoms with Crippen molar-refractivity contribution in [1.82, 2.24) is 0 Å². The number of anilines is 1. The van der Waals surface area contributed by atoms with Crippen LogP contribution < -0.4 is 10.1 Å². The molecule has 5 rings (SSSR count). The average molecular weight is 572 g/mol. The van der Waals surface area contributed by atoms with Gasteiger partial charge in [0.25, 0.3) is 0 Å². The topological polar surface area (TPSA) is 64.6 Å². The van der Waals surface area contributed by atoms with Gasteiger partial charge in [-0.1, -0.05) is 105 Å². The first-order chi connectivity index (χ1) is 20.9. The molecule has 1 unspecified atom stereocenters. The molecule has 218 valence electrons. The summed E-state index contributed by atoms with van der Waals surface area (Å²) >= 11 is 0. The monoisotopic (exact) mass is 571 g/mol. The average Bonchev–Trinajstić information content (AvgIpc) is 3.03. The molecule has 0 aliphatic heterocycles. The Morgan fingerprint density at radius 2 is 1.49 bits per heavy atom. The first kappa shape index (κ1) is 29.6. The van der Waals surface area contributed by atoms with E-state index in [1.807, 2.05) is 84.9 Å². The van der Waals surface area contributed by atoms with E-state index in [0.29, 0.717) is 36.6 Å². The number of nitrogens with one attached hydrogen (secondary N) is 1. The Morgan fingerprint density at radius 3 is 2.28 bits per heavy atom. The molecular weight excluding hydrogens is 534 g/mol. The molecule has 0 saturated carbocycles. The highest BCUT2D eigenvalue weighted by Crippen LogP contribution is 2.33. The Kier molecular flexibility index (Phi) is 9.52. The number of carbonyl (C=O) groups is 2. The second kappa shape index (κ2) is 13.8. The van der Waals surface area contributed by atoms with Crippen LogP contribution >= 0.6 is 0 Å². The first-order valence-electron chi connectivity index (χ1n) is 14.7. The minimum atomic E-state index is -0.387. The number of methoxy groups -OCH3 is 1. The van der Waals surface area contributed by atoms with Crippen LogP contribution in [0.2, 0.25) is 0 Å². The van der Waals surface area contributed by atoms with E-state index >= 15 is 0 Å². The van der Waals surface area contributed by atoms with E-state index in [1.165, 1.54) is 7.11 Å². The van der Waals surface area contributed by atoms with Crippen molar-refractivity contribution in [3.05, 3.63) is 143 Å². The molecule has 43 heavy (non-hydrogen) atoms. The highest BCUT2D eigenvalue weighted by Gasteiger charge is 2.25. The summed E-state index contributed by atoms with van der Waals surface area (Å²) in [5.74, 6) is 0.296. The van der Waals surface area contributed by atoms with Gasteiger partial charge in [0.1, 0.15) is 12.4 Å². The van der Waals surface area contributed by atoms with Crippen LogP contribution in [0.25, 0.3) is 10.8 Å². The standard InChI is InChI=1S/C38H37NO4/c1-26(2)22-35(34-19-11-14-28-12-7-9-17-32(28)34)37(40)39-36-23-27(25-43-31-15-5-4-6-16-31)20-21-30(36)24-29-13-8-10-18-33(29)38(41)42-3/h4-21,23,26,35H,22,24-25H2,1-3H3,(H,39,40). The SMILES string of the molecule is COC(=O)c1ccccc1Cc1ccc(COc2ccccc2)cc1NC(=O)C(CC(C)C)c1cccc2ccccc12. The van der Waals surface area contributed by atoms with Gasteiger partial charge in [-0.15, -0.1) is 0 Å². The quantitative estimate of drug-likeness (QED) is 0.161. The first-order valence-corrected chi connectivity index (χ1v) is 14.7. The van der Waals surface area contributed by atoms with Crippen LogP contribution in [0.5, 0.6) is 5.75 Å². The van der Waals surface area contributed by atoms with E-state index in [2.05, 4.69) is 43.4 Å². The molecule has 0 heterocycles. The van der Waals surface area contributed by atoms with E-state index in [4.69, 9.17) is 9.47 Å². The summed E-state index contributed by atoms with van der Waals surface area (Å²) in [4.78, 5) is 26.7. The molecule has 0 aliphatic carbocycles. The predicted octanol–water partition coefficient (Wildman–Crippen LogP) is 8.56. The summed E-state index contributed by atoms with van der Waals surface area (Å²) in [5.41, 5.74) is 4.88. The summed E-state index contributed by atoms with van der Waals surface area (Å²) in [5, 5.41) is 5.49. The fraction of sp³-hybridized carbons (Fsp3) is 0.211. The van der Waals surface area contributed by atoms with Crippen LogP contribution in [-0.4, -0.2) is 19.0 Å². The highest BCUT2D eigenvalue weighted by molar-refractivity contribution is 6.00. The van der Waals surface area contributed by atoms with Gasteiger partial charge in [-0.3, -0.25) is 4.79 Å². The van der Waals surface area contributed by atoms with E-state index < -0.39 is 0 Å². The van der Waals surface area contributed by atoms with Crippen molar-refractivity contribution in [3.8, 4) is 5.75 Å². The fourth-order valence-electron chi connectivity index (χ4n) is 5.48. The molecule has 0 spiro atoms. The van der Waals surface area contributed by atoms with Gasteiger partial charge in [-0.2, -0.15) is 0 Å². The molecule has 0 aliphatic rings. The molecule has 0 bridgehead atoms. The maximum Gasteiger partial charge on any atom is 0.338 e. The van der Waals surface area contributed by atoms with Crippen LogP contribution in [0.3, 0.4) is 0 Å². The number of esters is 1. The number of ether oxygens (including phenoxy) is 2. The fourth-order valence-corrected chi connectivity index (χ4v) is 5.48. The molecule has 0 fully saturated rings. The van der Waals surface area contributed by atoms with Gasteiger partial charge in [0.2, 0.25) is 5.91 Å². The van der Waals surface area contributed by atoms with Gasteiger partial charge in [-0.05, 0) is 69.6 Å². The molecule has 5 aromatic rings. The number of para-hydroxylation sites is 1. The molecule has 0 radical (unpaired) electrons. The van der Waals surface area contributed by atoms with Gasteiger partial charge >= 0.3 is 5.97 Å². The molecule has 1 atom stereocenters. The van der Waals surface area contributed by atoms with Gasteiger partial charge in [-0.25, -0.2) is 4.79 Å². The van der Waals surface area contributed by atoms with Crippen molar-refractivity contribution in [1.29, 1.82) is 0 Å². The van der Waals surface area contributed by atoms with E-state index in [-0.39, 0.29) is 17.8 Å². The molecule has 5 nitrogen and oxygen atoms in total. The Morgan fingerprint density at radius 1 is 0.767 bits per heavy atom. The van der Waals surface area contributed by atoms with Crippen molar-refractivity contribution in [3.63, 3.8) is 0 Å². The third-order valence-corrected chi connectivity index (χ3v) is 7.61. The van der Waals surface area contributed by atoms with E-state index in [1.54, 1.807) is 6.07 Å². The molecule has 0 aromatic heterocycles. The largest absolute Gasteiger partial charge is 0.489 e. The smallest absolute Gasteiger partial charge is 0.338 e. The summed E-state index contributed by atoms with van der Waals surface area (Å²) in [6.45, 7) is 4.63. The molecule has 1 amide bonds. The lowest BCUT2D eigenvalue weighted by Gasteiger charge is -2.22. The van der Waals surface area contributed by atoms with Crippen molar-refractivity contribution in [2.24, 2.45) is 5.92 Å². The summed E-state index contributed by atoms with van der Waals surface area (Å²) in [6, 6.07) is 37.4. The molecule has 1 N–H and O–H groups in total. The van der Waals surface area contributed by atoms with Crippen LogP contribution in [0.15, 0.2) is 115 Å². The second-order valence-electron chi connectivity index (χ2n) is 11.2. The lowest BCUT2D eigenvalue weighted by atomic mass is 9.86. The number of fused-ring (bicyclic) bond motifs is 1. The number of hydrogen-bond acceptors (Lipinski definition) is 4. The highest BCUT2D eigenvalue weighted by atomic mass is 16.5. The van der Waals surface area contributed by atoms with E-state index in [0.717, 1.165) is 38.8 Å². The van der Waals surface area contributed by atoms with E-state index in [9.17, 15) is 9.59 Å². The van der Waals surface area contributed by atoms with Gasteiger partial charge < -0.3 is 14.8 Å². The maximum absolute atomic E-state index is 14.2. The predicted molar refractivity (Wildman–Crippen MR) is 173 cm³/mol.